The van der Waals surface area contributed by atoms with Gasteiger partial charge in [-0.3, -0.25) is 0 Å². The van der Waals surface area contributed by atoms with Gasteiger partial charge in [0.15, 0.2) is 0 Å². The molecule has 0 rings (SSSR count). The summed E-state index contributed by atoms with van der Waals surface area (Å²) in [5.74, 6) is 0. The van der Waals surface area contributed by atoms with Crippen LogP contribution in [0.5, 0.6) is 0 Å². The van der Waals surface area contributed by atoms with E-state index in [1.807, 2.05) is 13.0 Å². The summed E-state index contributed by atoms with van der Waals surface area (Å²) >= 11 is 6.55. The molecule has 0 unspecified atom stereocenters. The van der Waals surface area contributed by atoms with E-state index in [4.69, 9.17) is 0 Å². The molecule has 0 saturated heterocycles. The molecular formula is C4H6Br2. The first-order valence-corrected chi connectivity index (χ1v) is 3.59. The van der Waals surface area contributed by atoms with Crippen LogP contribution in [-0.4, -0.2) is 5.33 Å². The molecule has 0 aliphatic rings. The van der Waals surface area contributed by atoms with Gasteiger partial charge in [0, 0.05) is 9.81 Å². The molecule has 0 heterocycles. The Morgan fingerprint density at radius 1 is 1.83 bits per heavy atom. The highest BCUT2D eigenvalue weighted by Crippen LogP contribution is 2.05. The topological polar surface area (TPSA) is 0 Å². The van der Waals surface area contributed by atoms with Crippen LogP contribution < -0.4 is 0 Å². The maximum atomic E-state index is 3.29. The van der Waals surface area contributed by atoms with Crippen molar-refractivity contribution in [3.05, 3.63) is 10.6 Å². The van der Waals surface area contributed by atoms with Crippen LogP contribution in [0.3, 0.4) is 0 Å². The summed E-state index contributed by atoms with van der Waals surface area (Å²) in [5.41, 5.74) is 0. The third kappa shape index (κ3) is 2.91. The van der Waals surface area contributed by atoms with E-state index in [0.29, 0.717) is 0 Å². The SMILES string of the molecule is C/C=C(/Br)CBr. The van der Waals surface area contributed by atoms with Gasteiger partial charge in [0.25, 0.3) is 0 Å². The Hall–Kier alpha value is 0.700. The molecule has 0 aromatic carbocycles. The summed E-state index contributed by atoms with van der Waals surface area (Å²) in [6, 6.07) is 0. The van der Waals surface area contributed by atoms with E-state index < -0.39 is 0 Å². The number of hydrogen-bond acceptors (Lipinski definition) is 0. The first-order valence-electron chi connectivity index (χ1n) is 1.68. The van der Waals surface area contributed by atoms with Gasteiger partial charge in [-0.05, 0) is 6.92 Å². The molecule has 0 aromatic rings. The van der Waals surface area contributed by atoms with Crippen molar-refractivity contribution in [3.63, 3.8) is 0 Å². The third-order valence-corrected chi connectivity index (χ3v) is 2.54. The molecule has 0 radical (unpaired) electrons. The minimum atomic E-state index is 0.920. The Morgan fingerprint density at radius 2 is 2.33 bits per heavy atom. The molecule has 0 N–H and O–H groups in total. The van der Waals surface area contributed by atoms with Crippen molar-refractivity contribution in [1.82, 2.24) is 0 Å². The second kappa shape index (κ2) is 3.88. The largest absolute Gasteiger partial charge is 0.0871 e. The van der Waals surface area contributed by atoms with Gasteiger partial charge in [0.1, 0.15) is 0 Å². The Bertz CT molecular complexity index is 56.6. The van der Waals surface area contributed by atoms with E-state index in [1.54, 1.807) is 0 Å². The van der Waals surface area contributed by atoms with E-state index in [1.165, 1.54) is 4.48 Å². The summed E-state index contributed by atoms with van der Waals surface area (Å²) in [5, 5.41) is 0.920. The molecule has 0 spiro atoms. The molecule has 6 heavy (non-hydrogen) atoms. The number of halogens is 2. The van der Waals surface area contributed by atoms with Gasteiger partial charge in [0.05, 0.1) is 0 Å². The lowest BCUT2D eigenvalue weighted by molar-refractivity contribution is 1.64. The molecule has 0 fully saturated rings. The first kappa shape index (κ1) is 6.70. The molecule has 0 saturated carbocycles. The lowest BCUT2D eigenvalue weighted by atomic mass is 10.6. The fourth-order valence-electron chi connectivity index (χ4n) is 0.0772. The number of hydrogen-bond donors (Lipinski definition) is 0. The number of allylic oxidation sites excluding steroid dienone is 2. The van der Waals surface area contributed by atoms with Gasteiger partial charge in [-0.25, -0.2) is 0 Å². The summed E-state index contributed by atoms with van der Waals surface area (Å²) < 4.78 is 1.20. The molecule has 0 nitrogen and oxygen atoms in total. The average molecular weight is 214 g/mol. The molecule has 0 aromatic heterocycles. The number of alkyl halides is 1. The summed E-state index contributed by atoms with van der Waals surface area (Å²) in [7, 11) is 0. The highest BCUT2D eigenvalue weighted by atomic mass is 79.9. The van der Waals surface area contributed by atoms with Gasteiger partial charge >= 0.3 is 0 Å². The fourth-order valence-corrected chi connectivity index (χ4v) is 0.401. The first-order chi connectivity index (χ1) is 2.81. The predicted octanol–water partition coefficient (Wildman–Crippen LogP) is 2.68. The molecular weight excluding hydrogens is 208 g/mol. The Balaban J connectivity index is 3.22. The smallest absolute Gasteiger partial charge is 0.0345 e. The zero-order valence-corrected chi connectivity index (χ0v) is 6.71. The Labute approximate surface area is 54.9 Å². The maximum absolute atomic E-state index is 3.29. The Kier molecular flexibility index (Phi) is 4.33. The van der Waals surface area contributed by atoms with Crippen LogP contribution in [0.1, 0.15) is 6.92 Å². The summed E-state index contributed by atoms with van der Waals surface area (Å²) in [6.07, 6.45) is 2.01. The van der Waals surface area contributed by atoms with E-state index in [0.717, 1.165) is 5.33 Å². The second-order valence-electron chi connectivity index (χ2n) is 0.869. The third-order valence-electron chi connectivity index (χ3n) is 0.441. The highest BCUT2D eigenvalue weighted by molar-refractivity contribution is 9.13. The zero-order valence-electron chi connectivity index (χ0n) is 3.54. The van der Waals surface area contributed by atoms with Crippen molar-refractivity contribution in [2.24, 2.45) is 0 Å². The van der Waals surface area contributed by atoms with Crippen molar-refractivity contribution in [2.45, 2.75) is 6.92 Å². The molecule has 0 aliphatic heterocycles. The van der Waals surface area contributed by atoms with Crippen LogP contribution in [0.4, 0.5) is 0 Å². The minimum absolute atomic E-state index is 0.920. The normalized spacial score (nSPS) is 12.2. The monoisotopic (exact) mass is 212 g/mol. The highest BCUT2D eigenvalue weighted by Gasteiger charge is 1.77. The van der Waals surface area contributed by atoms with Crippen molar-refractivity contribution < 1.29 is 0 Å². The standard InChI is InChI=1S/C4H6Br2/c1-2-4(6)3-5/h2H,3H2,1H3/b4-2+. The molecule has 0 bridgehead atoms. The Morgan fingerprint density at radius 3 is 2.33 bits per heavy atom. The number of rotatable bonds is 1. The van der Waals surface area contributed by atoms with Crippen LogP contribution in [0.2, 0.25) is 0 Å². The van der Waals surface area contributed by atoms with Gasteiger partial charge < -0.3 is 0 Å². The van der Waals surface area contributed by atoms with Crippen LogP contribution in [-0.2, 0) is 0 Å². The average Bonchev–Trinajstić information content (AvgIpc) is 1.65. The van der Waals surface area contributed by atoms with Crippen molar-refractivity contribution in [2.75, 3.05) is 5.33 Å². The van der Waals surface area contributed by atoms with Crippen LogP contribution >= 0.6 is 31.9 Å². The van der Waals surface area contributed by atoms with Gasteiger partial charge in [-0.1, -0.05) is 37.9 Å². The molecule has 36 valence electrons. The zero-order chi connectivity index (χ0) is 4.99. The predicted molar refractivity (Wildman–Crippen MR) is 36.5 cm³/mol. The van der Waals surface area contributed by atoms with Crippen LogP contribution in [0.25, 0.3) is 0 Å². The summed E-state index contributed by atoms with van der Waals surface area (Å²) in [6.45, 7) is 1.99. The molecule has 2 heteroatoms. The van der Waals surface area contributed by atoms with Crippen LogP contribution in [0.15, 0.2) is 10.6 Å². The quantitative estimate of drug-likeness (QED) is 0.588. The minimum Gasteiger partial charge on any atom is -0.0871 e. The van der Waals surface area contributed by atoms with E-state index in [-0.39, 0.29) is 0 Å². The maximum Gasteiger partial charge on any atom is 0.0345 e. The summed E-state index contributed by atoms with van der Waals surface area (Å²) in [4.78, 5) is 0. The van der Waals surface area contributed by atoms with Gasteiger partial charge in [-0.2, -0.15) is 0 Å². The van der Waals surface area contributed by atoms with E-state index in [2.05, 4.69) is 31.9 Å². The second-order valence-corrected chi connectivity index (χ2v) is 2.45. The fraction of sp³-hybridized carbons (Fsp3) is 0.500. The lowest BCUT2D eigenvalue weighted by Crippen LogP contribution is -1.63. The van der Waals surface area contributed by atoms with E-state index >= 15 is 0 Å². The molecule has 0 aliphatic carbocycles. The van der Waals surface area contributed by atoms with Gasteiger partial charge in [0.2, 0.25) is 0 Å². The van der Waals surface area contributed by atoms with Crippen molar-refractivity contribution in [3.8, 4) is 0 Å². The van der Waals surface area contributed by atoms with E-state index in [9.17, 15) is 0 Å². The molecule has 0 atom stereocenters. The van der Waals surface area contributed by atoms with Crippen molar-refractivity contribution in [1.29, 1.82) is 0 Å². The molecule has 0 amide bonds. The lowest BCUT2D eigenvalue weighted by Gasteiger charge is -1.80. The van der Waals surface area contributed by atoms with Crippen LogP contribution in [0, 0.1) is 0 Å². The van der Waals surface area contributed by atoms with Gasteiger partial charge in [-0.15, -0.1) is 0 Å². The van der Waals surface area contributed by atoms with Crippen molar-refractivity contribution >= 4 is 31.9 Å².